The molecule has 1 atom stereocenters. The predicted molar refractivity (Wildman–Crippen MR) is 157 cm³/mol. The van der Waals surface area contributed by atoms with Crippen molar-refractivity contribution < 1.29 is 13.9 Å². The maximum atomic E-state index is 14.1. The van der Waals surface area contributed by atoms with Gasteiger partial charge in [-0.1, -0.05) is 50.5 Å². The molecule has 0 heterocycles. The Morgan fingerprint density at radius 2 is 1.92 bits per heavy atom. The first-order chi connectivity index (χ1) is 17.3. The summed E-state index contributed by atoms with van der Waals surface area (Å²) in [6, 6.07) is 0.0111. The van der Waals surface area contributed by atoms with Crippen LogP contribution in [0.4, 0.5) is 9.18 Å². The van der Waals surface area contributed by atoms with Gasteiger partial charge in [0.1, 0.15) is 11.4 Å². The highest BCUT2D eigenvalue weighted by Crippen LogP contribution is 2.32. The van der Waals surface area contributed by atoms with Gasteiger partial charge in [0.05, 0.1) is 5.71 Å². The van der Waals surface area contributed by atoms with Gasteiger partial charge in [-0.15, -0.1) is 0 Å². The lowest BCUT2D eigenvalue weighted by Crippen LogP contribution is -2.42. The normalized spacial score (nSPS) is 18.0. The van der Waals surface area contributed by atoms with Gasteiger partial charge in [0.15, 0.2) is 0 Å². The molecule has 0 aromatic rings. The Morgan fingerprint density at radius 3 is 2.43 bits per heavy atom. The average molecular weight is 509 g/mol. The van der Waals surface area contributed by atoms with Gasteiger partial charge >= 0.3 is 6.09 Å². The lowest BCUT2D eigenvalue weighted by molar-refractivity contribution is 0.0169. The molecule has 37 heavy (non-hydrogen) atoms. The van der Waals surface area contributed by atoms with E-state index < -0.39 is 11.4 Å². The summed E-state index contributed by atoms with van der Waals surface area (Å²) in [5.74, 6) is -0.393. The van der Waals surface area contributed by atoms with Crippen LogP contribution in [0.2, 0.25) is 0 Å². The molecule has 1 amide bonds. The third kappa shape index (κ3) is 9.64. The number of amides is 1. The molecule has 0 saturated carbocycles. The Bertz CT molecular complexity index is 1070. The molecule has 4 nitrogen and oxygen atoms in total. The number of allylic oxidation sites excluding steroid dienone is 13. The zero-order valence-corrected chi connectivity index (χ0v) is 24.1. The maximum absolute atomic E-state index is 14.1. The average Bonchev–Trinajstić information content (AvgIpc) is 2.82. The SMILES string of the molecule is C=C/C=C(F)\C=C(/C=C)C1=CC(=N/C)/C(=C(\C)C(=C)CC[C@@H](C)N(CCC)C(=O)OC(C)(C)C)C(C)=C1. The number of carbonyl (C=O) groups is 1. The van der Waals surface area contributed by atoms with Crippen LogP contribution < -0.4 is 0 Å². The van der Waals surface area contributed by atoms with Crippen molar-refractivity contribution in [3.63, 3.8) is 0 Å². The fourth-order valence-corrected chi connectivity index (χ4v) is 4.13. The first-order valence-electron chi connectivity index (χ1n) is 12.9. The Kier molecular flexibility index (Phi) is 12.5. The van der Waals surface area contributed by atoms with Gasteiger partial charge in [-0.3, -0.25) is 4.99 Å². The van der Waals surface area contributed by atoms with Crippen molar-refractivity contribution in [1.29, 1.82) is 0 Å². The van der Waals surface area contributed by atoms with E-state index in [1.165, 1.54) is 18.2 Å². The van der Waals surface area contributed by atoms with E-state index in [0.29, 0.717) is 12.1 Å². The van der Waals surface area contributed by atoms with Crippen LogP contribution in [0.5, 0.6) is 0 Å². The molecule has 0 fully saturated rings. The van der Waals surface area contributed by atoms with Crippen molar-refractivity contribution >= 4 is 11.8 Å². The number of hydrogen-bond donors (Lipinski definition) is 0. The van der Waals surface area contributed by atoms with Crippen LogP contribution in [-0.4, -0.2) is 41.9 Å². The number of hydrogen-bond acceptors (Lipinski definition) is 3. The largest absolute Gasteiger partial charge is 0.444 e. The van der Waals surface area contributed by atoms with Gasteiger partial charge in [-0.25, -0.2) is 9.18 Å². The van der Waals surface area contributed by atoms with Crippen LogP contribution >= 0.6 is 0 Å². The van der Waals surface area contributed by atoms with Crippen LogP contribution in [0.3, 0.4) is 0 Å². The quantitative estimate of drug-likeness (QED) is 0.262. The minimum Gasteiger partial charge on any atom is -0.444 e. The molecule has 0 unspecified atom stereocenters. The van der Waals surface area contributed by atoms with Crippen molar-refractivity contribution in [1.82, 2.24) is 4.90 Å². The molecule has 0 radical (unpaired) electrons. The topological polar surface area (TPSA) is 41.9 Å². The van der Waals surface area contributed by atoms with E-state index in [1.807, 2.05) is 44.7 Å². The summed E-state index contributed by atoms with van der Waals surface area (Å²) in [4.78, 5) is 19.1. The minimum atomic E-state index is -0.533. The van der Waals surface area contributed by atoms with Gasteiger partial charge in [-0.05, 0) is 101 Å². The highest BCUT2D eigenvalue weighted by Gasteiger charge is 2.26. The standard InChI is InChI=1S/C32H45FN2O2/c1-12-15-28(33)20-26(14-3)27-19-23(5)30(29(21-27)34-11)25(7)22(4)16-17-24(6)35(18-13-2)31(36)37-32(8,9)10/h12,14-15,19-21,24H,1,3-4,13,16-18H2,2,5-11H3/b26-20+,28-15+,30-25+,34-29-/t24-/m1/s1. The molecule has 1 rings (SSSR count). The second-order valence-corrected chi connectivity index (χ2v) is 10.3. The predicted octanol–water partition coefficient (Wildman–Crippen LogP) is 8.78. The summed E-state index contributed by atoms with van der Waals surface area (Å²) in [6.07, 6.45) is 11.8. The van der Waals surface area contributed by atoms with Gasteiger partial charge in [0, 0.05) is 25.2 Å². The van der Waals surface area contributed by atoms with Crippen LogP contribution in [0.25, 0.3) is 0 Å². The Hall–Kier alpha value is -3.21. The number of ether oxygens (including phenoxy) is 1. The summed E-state index contributed by atoms with van der Waals surface area (Å²) in [7, 11) is 1.75. The second-order valence-electron chi connectivity index (χ2n) is 10.3. The van der Waals surface area contributed by atoms with E-state index in [-0.39, 0.29) is 12.1 Å². The van der Waals surface area contributed by atoms with E-state index in [2.05, 4.69) is 45.5 Å². The summed E-state index contributed by atoms with van der Waals surface area (Å²) >= 11 is 0. The van der Waals surface area contributed by atoms with E-state index in [1.54, 1.807) is 13.1 Å². The highest BCUT2D eigenvalue weighted by molar-refractivity contribution is 6.14. The van der Waals surface area contributed by atoms with Gasteiger partial charge in [0.25, 0.3) is 0 Å². The number of carbonyl (C=O) groups excluding carboxylic acids is 1. The molecule has 0 aromatic heterocycles. The minimum absolute atomic E-state index is 0.0111. The number of rotatable bonds is 11. The first-order valence-corrected chi connectivity index (χ1v) is 12.9. The molecule has 0 bridgehead atoms. The van der Waals surface area contributed by atoms with Crippen LogP contribution in [0, 0.1) is 0 Å². The molecule has 0 aromatic carbocycles. The molecule has 1 aliphatic carbocycles. The Morgan fingerprint density at radius 1 is 1.27 bits per heavy atom. The van der Waals surface area contributed by atoms with Crippen molar-refractivity contribution in [2.75, 3.05) is 13.6 Å². The number of halogens is 1. The Labute approximate surface area is 224 Å². The fourth-order valence-electron chi connectivity index (χ4n) is 4.13. The fraction of sp³-hybridized carbons (Fsp3) is 0.438. The van der Waals surface area contributed by atoms with Gasteiger partial charge in [-0.2, -0.15) is 0 Å². The molecular formula is C32H45FN2O2. The summed E-state index contributed by atoms with van der Waals surface area (Å²) in [5, 5.41) is 0. The van der Waals surface area contributed by atoms with E-state index in [0.717, 1.165) is 52.8 Å². The second kappa shape index (κ2) is 14.5. The van der Waals surface area contributed by atoms with Crippen molar-refractivity contribution in [2.24, 2.45) is 4.99 Å². The molecule has 0 aliphatic heterocycles. The zero-order chi connectivity index (χ0) is 28.3. The zero-order valence-electron chi connectivity index (χ0n) is 24.1. The third-order valence-corrected chi connectivity index (χ3v) is 6.07. The Balaban J connectivity index is 3.16. The van der Waals surface area contributed by atoms with E-state index in [4.69, 9.17) is 4.74 Å². The summed E-state index contributed by atoms with van der Waals surface area (Å²) in [5.41, 5.74) is 5.87. The van der Waals surface area contributed by atoms with Gasteiger partial charge < -0.3 is 9.64 Å². The maximum Gasteiger partial charge on any atom is 0.410 e. The van der Waals surface area contributed by atoms with Gasteiger partial charge in [0.2, 0.25) is 0 Å². The van der Waals surface area contributed by atoms with E-state index >= 15 is 0 Å². The third-order valence-electron chi connectivity index (χ3n) is 6.07. The van der Waals surface area contributed by atoms with Crippen molar-refractivity contribution in [3.8, 4) is 0 Å². The monoisotopic (exact) mass is 508 g/mol. The molecule has 1 aliphatic rings. The highest BCUT2D eigenvalue weighted by atomic mass is 19.1. The van der Waals surface area contributed by atoms with Crippen molar-refractivity contribution in [2.45, 2.75) is 79.4 Å². The van der Waals surface area contributed by atoms with Crippen molar-refractivity contribution in [3.05, 3.63) is 95.5 Å². The molecule has 0 spiro atoms. The van der Waals surface area contributed by atoms with Crippen LogP contribution in [0.15, 0.2) is 100 Å². The molecule has 5 heteroatoms. The smallest absolute Gasteiger partial charge is 0.410 e. The number of aliphatic imine (C=N–C) groups is 1. The molecular weight excluding hydrogens is 463 g/mol. The lowest BCUT2D eigenvalue weighted by Gasteiger charge is -2.32. The molecule has 0 saturated heterocycles. The summed E-state index contributed by atoms with van der Waals surface area (Å²) < 4.78 is 19.7. The first kappa shape index (κ1) is 31.8. The van der Waals surface area contributed by atoms with Crippen LogP contribution in [0.1, 0.15) is 67.7 Å². The molecule has 202 valence electrons. The van der Waals surface area contributed by atoms with E-state index in [9.17, 15) is 9.18 Å². The number of nitrogens with zero attached hydrogens (tertiary/aromatic N) is 2. The summed E-state index contributed by atoms with van der Waals surface area (Å²) in [6.45, 7) is 26.2. The lowest BCUT2D eigenvalue weighted by atomic mass is 9.84. The molecule has 0 N–H and O–H groups in total. The van der Waals surface area contributed by atoms with Crippen LogP contribution in [-0.2, 0) is 4.74 Å².